The van der Waals surface area contributed by atoms with Crippen LogP contribution in [0.5, 0.6) is 5.75 Å². The van der Waals surface area contributed by atoms with Gasteiger partial charge in [-0.15, -0.1) is 0 Å². The van der Waals surface area contributed by atoms with Gasteiger partial charge in [0.05, 0.1) is 32.0 Å². The molecular weight excluding hydrogens is 242 g/mol. The fourth-order valence-electron chi connectivity index (χ4n) is 2.91. The topological polar surface area (TPSA) is 53.7 Å². The molecule has 2 aliphatic rings. The van der Waals surface area contributed by atoms with Crippen molar-refractivity contribution in [1.29, 1.82) is 0 Å². The van der Waals surface area contributed by atoms with Crippen LogP contribution in [0.4, 0.5) is 0 Å². The van der Waals surface area contributed by atoms with Crippen LogP contribution in [0.25, 0.3) is 0 Å². The molecule has 4 heteroatoms. The second-order valence-corrected chi connectivity index (χ2v) is 5.30. The third kappa shape index (κ3) is 2.61. The van der Waals surface area contributed by atoms with E-state index in [1.165, 1.54) is 5.56 Å². The predicted octanol–water partition coefficient (Wildman–Crippen LogP) is 1.82. The van der Waals surface area contributed by atoms with Crippen molar-refractivity contribution in [3.63, 3.8) is 0 Å². The maximum atomic E-state index is 6.28. The van der Waals surface area contributed by atoms with Gasteiger partial charge in [0, 0.05) is 13.0 Å². The van der Waals surface area contributed by atoms with Gasteiger partial charge in [-0.3, -0.25) is 0 Å². The monoisotopic (exact) mass is 263 g/mol. The molecule has 104 valence electrons. The van der Waals surface area contributed by atoms with Crippen LogP contribution in [-0.4, -0.2) is 32.5 Å². The quantitative estimate of drug-likeness (QED) is 0.900. The summed E-state index contributed by atoms with van der Waals surface area (Å²) in [5, 5.41) is 0. The molecule has 1 saturated heterocycles. The number of ether oxygens (including phenoxy) is 3. The standard InChI is InChI=1S/C15H21NO3/c1-17-11-5-4-10-7-14(15(16)13(10)8-11)19-9-12-3-2-6-18-12/h4-5,8,12,14-15H,2-3,6-7,9,16H2,1H3. The van der Waals surface area contributed by atoms with Crippen LogP contribution in [-0.2, 0) is 15.9 Å². The number of nitrogens with two attached hydrogens (primary N) is 1. The van der Waals surface area contributed by atoms with Gasteiger partial charge in [0.15, 0.2) is 0 Å². The number of rotatable bonds is 4. The molecule has 1 fully saturated rings. The van der Waals surface area contributed by atoms with Crippen LogP contribution >= 0.6 is 0 Å². The van der Waals surface area contributed by atoms with Crippen LogP contribution in [0.1, 0.15) is 30.0 Å². The van der Waals surface area contributed by atoms with E-state index in [0.717, 1.165) is 37.2 Å². The second kappa shape index (κ2) is 5.49. The molecular formula is C15H21NO3. The van der Waals surface area contributed by atoms with E-state index in [2.05, 4.69) is 6.07 Å². The van der Waals surface area contributed by atoms with Crippen LogP contribution in [0.15, 0.2) is 18.2 Å². The maximum absolute atomic E-state index is 6.28. The summed E-state index contributed by atoms with van der Waals surface area (Å²) < 4.78 is 16.8. The maximum Gasteiger partial charge on any atom is 0.119 e. The molecule has 0 radical (unpaired) electrons. The largest absolute Gasteiger partial charge is 0.497 e. The minimum absolute atomic E-state index is 0.0614. The number of methoxy groups -OCH3 is 1. The first kappa shape index (κ1) is 12.9. The summed E-state index contributed by atoms with van der Waals surface area (Å²) in [6.45, 7) is 1.52. The van der Waals surface area contributed by atoms with Crippen LogP contribution in [0.2, 0.25) is 0 Å². The Morgan fingerprint density at radius 2 is 2.32 bits per heavy atom. The highest BCUT2D eigenvalue weighted by Gasteiger charge is 2.31. The highest BCUT2D eigenvalue weighted by Crippen LogP contribution is 2.34. The van der Waals surface area contributed by atoms with Crippen LogP contribution in [0, 0.1) is 0 Å². The lowest BCUT2D eigenvalue weighted by molar-refractivity contribution is -0.0249. The third-order valence-electron chi connectivity index (χ3n) is 4.05. The molecule has 0 amide bonds. The Bertz CT molecular complexity index is 443. The normalized spacial score (nSPS) is 29.5. The Balaban J connectivity index is 1.63. The molecule has 0 saturated carbocycles. The number of fused-ring (bicyclic) bond motifs is 1. The fourth-order valence-corrected chi connectivity index (χ4v) is 2.91. The minimum Gasteiger partial charge on any atom is -0.497 e. The first-order chi connectivity index (χ1) is 9.28. The Morgan fingerprint density at radius 3 is 3.05 bits per heavy atom. The molecule has 1 aliphatic carbocycles. The third-order valence-corrected chi connectivity index (χ3v) is 4.05. The van der Waals surface area contributed by atoms with E-state index >= 15 is 0 Å². The molecule has 1 aromatic carbocycles. The summed E-state index contributed by atoms with van der Waals surface area (Å²) in [5.74, 6) is 0.856. The summed E-state index contributed by atoms with van der Waals surface area (Å²) >= 11 is 0. The van der Waals surface area contributed by atoms with Gasteiger partial charge in [-0.2, -0.15) is 0 Å². The fraction of sp³-hybridized carbons (Fsp3) is 0.600. The van der Waals surface area contributed by atoms with Crippen molar-refractivity contribution in [2.45, 2.75) is 37.5 Å². The molecule has 19 heavy (non-hydrogen) atoms. The number of hydrogen-bond donors (Lipinski definition) is 1. The molecule has 1 aromatic rings. The van der Waals surface area contributed by atoms with Crippen molar-refractivity contribution >= 4 is 0 Å². The molecule has 2 N–H and O–H groups in total. The van der Waals surface area contributed by atoms with E-state index in [1.54, 1.807) is 7.11 Å². The van der Waals surface area contributed by atoms with E-state index < -0.39 is 0 Å². The van der Waals surface area contributed by atoms with E-state index in [9.17, 15) is 0 Å². The van der Waals surface area contributed by atoms with Crippen molar-refractivity contribution in [2.75, 3.05) is 20.3 Å². The average Bonchev–Trinajstić information content (AvgIpc) is 3.05. The molecule has 4 nitrogen and oxygen atoms in total. The number of benzene rings is 1. The SMILES string of the molecule is COc1ccc2c(c1)C(N)C(OCC1CCCO1)C2. The Labute approximate surface area is 113 Å². The summed E-state index contributed by atoms with van der Waals surface area (Å²) in [4.78, 5) is 0. The minimum atomic E-state index is -0.0634. The van der Waals surface area contributed by atoms with Gasteiger partial charge in [0.25, 0.3) is 0 Å². The van der Waals surface area contributed by atoms with Gasteiger partial charge in [0.1, 0.15) is 5.75 Å². The lowest BCUT2D eigenvalue weighted by atomic mass is 10.1. The van der Waals surface area contributed by atoms with E-state index in [4.69, 9.17) is 19.9 Å². The Hall–Kier alpha value is -1.10. The lowest BCUT2D eigenvalue weighted by Crippen LogP contribution is -2.28. The average molecular weight is 263 g/mol. The van der Waals surface area contributed by atoms with Gasteiger partial charge in [-0.1, -0.05) is 6.07 Å². The van der Waals surface area contributed by atoms with Crippen molar-refractivity contribution in [2.24, 2.45) is 5.73 Å². The molecule has 0 aromatic heterocycles. The van der Waals surface area contributed by atoms with Crippen molar-refractivity contribution in [3.05, 3.63) is 29.3 Å². The zero-order valence-electron chi connectivity index (χ0n) is 11.3. The summed E-state index contributed by atoms with van der Waals surface area (Å²) in [5.41, 5.74) is 8.70. The Morgan fingerprint density at radius 1 is 1.42 bits per heavy atom. The van der Waals surface area contributed by atoms with Crippen molar-refractivity contribution < 1.29 is 14.2 Å². The zero-order valence-corrected chi connectivity index (χ0v) is 11.3. The van der Waals surface area contributed by atoms with Crippen LogP contribution in [0.3, 0.4) is 0 Å². The van der Waals surface area contributed by atoms with Crippen molar-refractivity contribution in [3.8, 4) is 5.75 Å². The molecule has 1 heterocycles. The lowest BCUT2D eigenvalue weighted by Gasteiger charge is -2.19. The molecule has 3 atom stereocenters. The first-order valence-corrected chi connectivity index (χ1v) is 6.93. The first-order valence-electron chi connectivity index (χ1n) is 6.93. The smallest absolute Gasteiger partial charge is 0.119 e. The highest BCUT2D eigenvalue weighted by molar-refractivity contribution is 5.42. The van der Waals surface area contributed by atoms with E-state index in [-0.39, 0.29) is 18.2 Å². The van der Waals surface area contributed by atoms with E-state index in [1.807, 2.05) is 12.1 Å². The molecule has 0 bridgehead atoms. The Kier molecular flexibility index (Phi) is 3.73. The summed E-state index contributed by atoms with van der Waals surface area (Å²) in [6, 6.07) is 6.03. The van der Waals surface area contributed by atoms with Gasteiger partial charge in [0.2, 0.25) is 0 Å². The van der Waals surface area contributed by atoms with Gasteiger partial charge in [-0.25, -0.2) is 0 Å². The number of hydrogen-bond acceptors (Lipinski definition) is 4. The highest BCUT2D eigenvalue weighted by atomic mass is 16.5. The summed E-state index contributed by atoms with van der Waals surface area (Å²) in [7, 11) is 1.67. The van der Waals surface area contributed by atoms with E-state index in [0.29, 0.717) is 6.61 Å². The molecule has 0 spiro atoms. The second-order valence-electron chi connectivity index (χ2n) is 5.30. The van der Waals surface area contributed by atoms with Gasteiger partial charge >= 0.3 is 0 Å². The van der Waals surface area contributed by atoms with Gasteiger partial charge in [-0.05, 0) is 36.1 Å². The zero-order chi connectivity index (χ0) is 13.2. The summed E-state index contributed by atoms with van der Waals surface area (Å²) in [6.07, 6.45) is 3.44. The van der Waals surface area contributed by atoms with Crippen LogP contribution < -0.4 is 10.5 Å². The molecule has 3 rings (SSSR count). The predicted molar refractivity (Wildman–Crippen MR) is 72.3 cm³/mol. The molecule has 3 unspecified atom stereocenters. The van der Waals surface area contributed by atoms with Crippen molar-refractivity contribution in [1.82, 2.24) is 0 Å². The van der Waals surface area contributed by atoms with Gasteiger partial charge < -0.3 is 19.9 Å². The molecule has 1 aliphatic heterocycles.